The lowest BCUT2D eigenvalue weighted by Crippen LogP contribution is -2.42. The Morgan fingerprint density at radius 2 is 1.97 bits per heavy atom. The number of hydrogen-bond acceptors (Lipinski definition) is 9. The molecule has 0 bridgehead atoms. The van der Waals surface area contributed by atoms with Crippen molar-refractivity contribution in [3.05, 3.63) is 29.6 Å². The average Bonchev–Trinajstić information content (AvgIpc) is 2.90. The Hall–Kier alpha value is -2.80. The highest BCUT2D eigenvalue weighted by molar-refractivity contribution is 7.96. The number of rotatable bonds is 6. The van der Waals surface area contributed by atoms with Crippen LogP contribution in [-0.4, -0.2) is 49.7 Å². The van der Waals surface area contributed by atoms with Gasteiger partial charge in [-0.2, -0.15) is 15.0 Å². The summed E-state index contributed by atoms with van der Waals surface area (Å²) >= 11 is 0. The number of aromatic nitrogens is 3. The Morgan fingerprint density at radius 3 is 2.57 bits per heavy atom. The maximum atomic E-state index is 13.4. The fourth-order valence-electron chi connectivity index (χ4n) is 3.12. The number of fused-ring (bicyclic) bond motifs is 1. The van der Waals surface area contributed by atoms with Crippen LogP contribution in [0.25, 0.3) is 0 Å². The van der Waals surface area contributed by atoms with Gasteiger partial charge in [-0.3, -0.25) is 0 Å². The molecule has 0 aliphatic carbocycles. The van der Waals surface area contributed by atoms with Gasteiger partial charge in [-0.05, 0) is 31.9 Å². The van der Waals surface area contributed by atoms with Gasteiger partial charge in [0, 0.05) is 6.42 Å². The molecule has 0 saturated heterocycles. The molecule has 162 valence electrons. The van der Waals surface area contributed by atoms with Crippen LogP contribution < -0.4 is 14.8 Å². The molecule has 2 aromatic rings. The minimum absolute atomic E-state index is 0.165. The number of aryl methyl sites for hydroxylation is 1. The van der Waals surface area contributed by atoms with Crippen molar-refractivity contribution in [2.75, 3.05) is 10.9 Å². The summed E-state index contributed by atoms with van der Waals surface area (Å²) in [6.07, 6.45) is 0.465. The van der Waals surface area contributed by atoms with Crippen molar-refractivity contribution in [3.8, 4) is 6.01 Å². The van der Waals surface area contributed by atoms with E-state index in [1.165, 1.54) is 19.1 Å². The molecular formula is C17H21N5O6S2. The number of benzene rings is 1. The number of sulfone groups is 1. The van der Waals surface area contributed by atoms with Crippen molar-refractivity contribution in [3.63, 3.8) is 0 Å². The minimum atomic E-state index is -4.76. The van der Waals surface area contributed by atoms with Crippen LogP contribution in [0.15, 0.2) is 28.0 Å². The third kappa shape index (κ3) is 3.58. The predicted octanol–water partition coefficient (Wildman–Crippen LogP) is 0.825. The van der Waals surface area contributed by atoms with E-state index >= 15 is 0 Å². The number of carbonyl (C=O) groups excluding carboxylic acids is 1. The number of sulfonamides is 1. The molecule has 0 saturated carbocycles. The van der Waals surface area contributed by atoms with Crippen LogP contribution in [-0.2, 0) is 32.7 Å². The highest BCUT2D eigenvalue weighted by Crippen LogP contribution is 2.37. The van der Waals surface area contributed by atoms with Gasteiger partial charge in [-0.15, -0.1) is 4.31 Å². The normalized spacial score (nSPS) is 17.4. The van der Waals surface area contributed by atoms with E-state index in [0.717, 1.165) is 6.07 Å². The van der Waals surface area contributed by atoms with Gasteiger partial charge < -0.3 is 10.5 Å². The summed E-state index contributed by atoms with van der Waals surface area (Å²) in [7, 11) is -8.66. The van der Waals surface area contributed by atoms with Crippen molar-refractivity contribution >= 4 is 31.8 Å². The van der Waals surface area contributed by atoms with Crippen molar-refractivity contribution in [1.29, 1.82) is 0 Å². The Kier molecular flexibility index (Phi) is 5.69. The van der Waals surface area contributed by atoms with E-state index in [2.05, 4.69) is 15.0 Å². The van der Waals surface area contributed by atoms with Crippen LogP contribution in [0.4, 0.5) is 10.7 Å². The van der Waals surface area contributed by atoms with Crippen molar-refractivity contribution in [2.24, 2.45) is 5.73 Å². The first-order chi connectivity index (χ1) is 14.0. The Balaban J connectivity index is 2.25. The fourth-order valence-corrected chi connectivity index (χ4v) is 6.80. The molecule has 0 radical (unpaired) electrons. The fraction of sp³-hybridized carbons (Fsp3) is 0.412. The molecule has 0 fully saturated rings. The summed E-state index contributed by atoms with van der Waals surface area (Å²) < 4.78 is 57.8. The molecule has 1 aliphatic rings. The lowest BCUT2D eigenvalue weighted by molar-refractivity contribution is 0.256. The van der Waals surface area contributed by atoms with Gasteiger partial charge in [-0.1, -0.05) is 19.1 Å². The van der Waals surface area contributed by atoms with Gasteiger partial charge in [0.1, 0.15) is 10.7 Å². The number of hydrogen-bond donors (Lipinski definition) is 1. The van der Waals surface area contributed by atoms with Gasteiger partial charge >= 0.3 is 12.0 Å². The number of amides is 2. The molecule has 1 atom stereocenters. The Bertz CT molecular complexity index is 1210. The molecule has 2 amide bonds. The van der Waals surface area contributed by atoms with Crippen molar-refractivity contribution < 1.29 is 26.4 Å². The molecule has 1 aromatic carbocycles. The van der Waals surface area contributed by atoms with E-state index in [9.17, 15) is 21.6 Å². The summed E-state index contributed by atoms with van der Waals surface area (Å²) in [6, 6.07) is 2.49. The molecule has 1 aromatic heterocycles. The van der Waals surface area contributed by atoms with E-state index < -0.39 is 42.0 Å². The van der Waals surface area contributed by atoms with Crippen LogP contribution in [0.5, 0.6) is 6.01 Å². The average molecular weight is 456 g/mol. The summed E-state index contributed by atoms with van der Waals surface area (Å²) in [5.41, 5.74) is 5.72. The summed E-state index contributed by atoms with van der Waals surface area (Å²) in [5, 5.41) is -0.792. The molecule has 1 unspecified atom stereocenters. The van der Waals surface area contributed by atoms with E-state index in [4.69, 9.17) is 10.5 Å². The molecule has 1 aliphatic heterocycles. The highest BCUT2D eigenvalue weighted by atomic mass is 32.2. The van der Waals surface area contributed by atoms with Crippen LogP contribution in [0.3, 0.4) is 0 Å². The minimum Gasteiger partial charge on any atom is -0.464 e. The van der Waals surface area contributed by atoms with Crippen LogP contribution in [0.1, 0.15) is 32.2 Å². The largest absolute Gasteiger partial charge is 0.464 e. The van der Waals surface area contributed by atoms with Gasteiger partial charge in [0.25, 0.3) is 16.0 Å². The van der Waals surface area contributed by atoms with E-state index in [1.807, 2.05) is 0 Å². The molecule has 11 nitrogen and oxygen atoms in total. The topological polar surface area (TPSA) is 163 Å². The second-order valence-electron chi connectivity index (χ2n) is 6.53. The Labute approximate surface area is 174 Å². The molecule has 2 N–H and O–H groups in total. The number of nitrogens with zero attached hydrogens (tertiary/aromatic N) is 4. The van der Waals surface area contributed by atoms with Gasteiger partial charge in [0.05, 0.1) is 16.8 Å². The third-order valence-corrected chi connectivity index (χ3v) is 8.65. The standard InChI is InChI=1S/C17H21N5O6S2/c1-4-13-19-16(21-17(20-13)28-5-2)22(15(18)23)30(26,27)12-8-6-7-11-9-10(3)29(24,25)14(11)12/h6-8,10H,4-5,9H2,1-3H3,(H2,18,23). The van der Waals surface area contributed by atoms with Gasteiger partial charge in [0.2, 0.25) is 0 Å². The molecule has 30 heavy (non-hydrogen) atoms. The van der Waals surface area contributed by atoms with Crippen molar-refractivity contribution in [2.45, 2.75) is 48.7 Å². The first-order valence-corrected chi connectivity index (χ1v) is 12.1. The highest BCUT2D eigenvalue weighted by Gasteiger charge is 2.42. The quantitative estimate of drug-likeness (QED) is 0.664. The number of anilines is 1. The third-order valence-electron chi connectivity index (χ3n) is 4.52. The second kappa shape index (κ2) is 7.80. The zero-order valence-corrected chi connectivity index (χ0v) is 18.2. The zero-order chi connectivity index (χ0) is 22.3. The van der Waals surface area contributed by atoms with Crippen LogP contribution in [0, 0.1) is 0 Å². The zero-order valence-electron chi connectivity index (χ0n) is 16.6. The summed E-state index contributed by atoms with van der Waals surface area (Å²) in [5.74, 6) is -0.400. The summed E-state index contributed by atoms with van der Waals surface area (Å²) in [6.45, 7) is 5.08. The van der Waals surface area contributed by atoms with Gasteiger partial charge in [-0.25, -0.2) is 21.6 Å². The smallest absolute Gasteiger partial charge is 0.336 e. The molecular weight excluding hydrogens is 434 g/mol. The number of urea groups is 1. The molecule has 0 spiro atoms. The maximum Gasteiger partial charge on any atom is 0.336 e. The molecule has 13 heteroatoms. The summed E-state index contributed by atoms with van der Waals surface area (Å²) in [4.78, 5) is 23.2. The monoisotopic (exact) mass is 455 g/mol. The number of ether oxygens (including phenoxy) is 1. The van der Waals surface area contributed by atoms with Crippen molar-refractivity contribution in [1.82, 2.24) is 15.0 Å². The van der Waals surface area contributed by atoms with Crippen LogP contribution >= 0.6 is 0 Å². The maximum absolute atomic E-state index is 13.4. The lowest BCUT2D eigenvalue weighted by Gasteiger charge is -2.20. The SMILES string of the molecule is CCOc1nc(CC)nc(N(C(N)=O)S(=O)(=O)c2cccc3c2S(=O)(=O)C(C)C3)n1. The number of primary amides is 1. The first kappa shape index (κ1) is 21.9. The van der Waals surface area contributed by atoms with Gasteiger partial charge in [0.15, 0.2) is 9.84 Å². The van der Waals surface area contributed by atoms with E-state index in [0.29, 0.717) is 12.0 Å². The Morgan fingerprint density at radius 1 is 1.27 bits per heavy atom. The molecule has 3 rings (SSSR count). The van der Waals surface area contributed by atoms with E-state index in [-0.39, 0.29) is 34.1 Å². The predicted molar refractivity (Wildman–Crippen MR) is 106 cm³/mol. The number of carbonyl (C=O) groups is 1. The van der Waals surface area contributed by atoms with Crippen LogP contribution in [0.2, 0.25) is 0 Å². The lowest BCUT2D eigenvalue weighted by atomic mass is 10.1. The second-order valence-corrected chi connectivity index (χ2v) is 10.6. The number of nitrogens with two attached hydrogens (primary N) is 1. The van der Waals surface area contributed by atoms with E-state index in [1.54, 1.807) is 13.8 Å². The first-order valence-electron chi connectivity index (χ1n) is 9.12. The molecule has 2 heterocycles.